The van der Waals surface area contributed by atoms with Crippen molar-refractivity contribution in [1.29, 1.82) is 0 Å². The average molecular weight is 330 g/mol. The molecule has 1 fully saturated rings. The Labute approximate surface area is 142 Å². The highest BCUT2D eigenvalue weighted by Crippen LogP contribution is 2.21. The first-order valence-electron chi connectivity index (χ1n) is 8.43. The molecule has 6 nitrogen and oxygen atoms in total. The van der Waals surface area contributed by atoms with Crippen molar-refractivity contribution in [1.82, 2.24) is 20.1 Å². The minimum atomic E-state index is -0.0943. The fourth-order valence-electron chi connectivity index (χ4n) is 3.10. The summed E-state index contributed by atoms with van der Waals surface area (Å²) < 4.78 is 5.24. The van der Waals surface area contributed by atoms with Crippen molar-refractivity contribution in [3.63, 3.8) is 0 Å². The van der Waals surface area contributed by atoms with Crippen LogP contribution in [0.4, 0.5) is 0 Å². The number of hydrogen-bond donors (Lipinski definition) is 2. The van der Waals surface area contributed by atoms with Crippen LogP contribution in [0.2, 0.25) is 0 Å². The van der Waals surface area contributed by atoms with E-state index < -0.39 is 0 Å². The summed E-state index contributed by atoms with van der Waals surface area (Å²) in [5.74, 6) is 0.913. The predicted molar refractivity (Wildman–Crippen MR) is 95.2 cm³/mol. The molecule has 0 aliphatic carbocycles. The number of carbonyl (C=O) groups excluding carboxylic acids is 1. The third kappa shape index (κ3) is 3.71. The number of amides is 1. The zero-order chi connectivity index (χ0) is 17.1. The molecule has 0 spiro atoms. The summed E-state index contributed by atoms with van der Waals surface area (Å²) in [4.78, 5) is 20.3. The van der Waals surface area contributed by atoms with Gasteiger partial charge in [0.25, 0.3) is 0 Å². The van der Waals surface area contributed by atoms with E-state index in [1.165, 1.54) is 0 Å². The van der Waals surface area contributed by atoms with Crippen LogP contribution < -0.4 is 10.1 Å². The van der Waals surface area contributed by atoms with Crippen LogP contribution in [0.15, 0.2) is 24.3 Å². The molecule has 130 valence electrons. The number of likely N-dealkylation sites (N-methyl/N-ethyl adjacent to an activating group) is 1. The molecule has 6 heteroatoms. The Kier molecular flexibility index (Phi) is 5.06. The van der Waals surface area contributed by atoms with Crippen LogP contribution in [0.5, 0.6) is 5.75 Å². The maximum absolute atomic E-state index is 12.4. The van der Waals surface area contributed by atoms with Crippen LogP contribution in [0, 0.1) is 0 Å². The fourth-order valence-corrected chi connectivity index (χ4v) is 3.10. The normalized spacial score (nSPS) is 17.8. The van der Waals surface area contributed by atoms with E-state index in [1.54, 1.807) is 7.11 Å². The van der Waals surface area contributed by atoms with E-state index in [2.05, 4.69) is 33.2 Å². The van der Waals surface area contributed by atoms with Gasteiger partial charge in [0.05, 0.1) is 19.7 Å². The van der Waals surface area contributed by atoms with Crippen molar-refractivity contribution in [3.8, 4) is 5.75 Å². The van der Waals surface area contributed by atoms with Crippen molar-refractivity contribution in [3.05, 3.63) is 30.0 Å². The Bertz CT molecular complexity index is 704. The third-order valence-corrected chi connectivity index (χ3v) is 4.80. The highest BCUT2D eigenvalue weighted by atomic mass is 16.5. The Balaban J connectivity index is 1.57. The monoisotopic (exact) mass is 330 g/mol. The molecule has 1 atom stereocenters. The van der Waals surface area contributed by atoms with Crippen molar-refractivity contribution >= 4 is 16.8 Å². The minimum absolute atomic E-state index is 0.0794. The Morgan fingerprint density at radius 3 is 2.75 bits per heavy atom. The second-order valence-electron chi connectivity index (χ2n) is 6.48. The van der Waals surface area contributed by atoms with E-state index in [-0.39, 0.29) is 11.9 Å². The zero-order valence-corrected chi connectivity index (χ0v) is 14.6. The molecule has 0 bridgehead atoms. The minimum Gasteiger partial charge on any atom is -0.497 e. The van der Waals surface area contributed by atoms with Gasteiger partial charge in [-0.25, -0.2) is 0 Å². The lowest BCUT2D eigenvalue weighted by Gasteiger charge is -2.35. The van der Waals surface area contributed by atoms with Crippen LogP contribution in [0.25, 0.3) is 10.9 Å². The zero-order valence-electron chi connectivity index (χ0n) is 14.6. The molecule has 0 radical (unpaired) electrons. The van der Waals surface area contributed by atoms with Crippen LogP contribution in [-0.4, -0.2) is 67.1 Å². The number of H-pyrrole nitrogens is 1. The summed E-state index contributed by atoms with van der Waals surface area (Å²) in [6.45, 7) is 6.40. The van der Waals surface area contributed by atoms with Crippen LogP contribution >= 0.6 is 0 Å². The molecule has 1 amide bonds. The smallest absolute Gasteiger partial charge is 0.237 e. The molecule has 24 heavy (non-hydrogen) atoms. The lowest BCUT2D eigenvalue weighted by atomic mass is 10.2. The largest absolute Gasteiger partial charge is 0.497 e. The van der Waals surface area contributed by atoms with Gasteiger partial charge < -0.3 is 19.9 Å². The van der Waals surface area contributed by atoms with Crippen molar-refractivity contribution in [2.75, 3.05) is 40.3 Å². The number of rotatable bonds is 5. The Morgan fingerprint density at radius 1 is 1.29 bits per heavy atom. The summed E-state index contributed by atoms with van der Waals surface area (Å²) in [5, 5.41) is 4.13. The first kappa shape index (κ1) is 16.8. The summed E-state index contributed by atoms with van der Waals surface area (Å²) in [7, 11) is 3.78. The number of aromatic amines is 1. The SMILES string of the molecule is COc1ccc2[nH]c(CNC(=O)[C@H](C)N3CCN(C)CC3)cc2c1. The van der Waals surface area contributed by atoms with Crippen molar-refractivity contribution < 1.29 is 9.53 Å². The van der Waals surface area contributed by atoms with Crippen LogP contribution in [0.1, 0.15) is 12.6 Å². The molecule has 1 aromatic carbocycles. The predicted octanol–water partition coefficient (Wildman–Crippen LogP) is 1.43. The number of aromatic nitrogens is 1. The van der Waals surface area contributed by atoms with E-state index in [9.17, 15) is 4.79 Å². The highest BCUT2D eigenvalue weighted by molar-refractivity contribution is 5.83. The summed E-state index contributed by atoms with van der Waals surface area (Å²) in [6.07, 6.45) is 0. The van der Waals surface area contributed by atoms with E-state index in [0.717, 1.165) is 48.5 Å². The van der Waals surface area contributed by atoms with Crippen molar-refractivity contribution in [2.24, 2.45) is 0 Å². The number of ether oxygens (including phenoxy) is 1. The van der Waals surface area contributed by atoms with Crippen LogP contribution in [0.3, 0.4) is 0 Å². The molecule has 2 N–H and O–H groups in total. The number of piperazine rings is 1. The van der Waals surface area contributed by atoms with Gasteiger partial charge in [-0.2, -0.15) is 0 Å². The van der Waals surface area contributed by atoms with Gasteiger partial charge in [0.15, 0.2) is 0 Å². The second-order valence-corrected chi connectivity index (χ2v) is 6.48. The molecule has 1 aliphatic heterocycles. The number of benzene rings is 1. The molecular formula is C18H26N4O2. The molecule has 0 saturated carbocycles. The molecule has 2 aromatic rings. The Hall–Kier alpha value is -2.05. The summed E-state index contributed by atoms with van der Waals surface area (Å²) in [5.41, 5.74) is 2.05. The van der Waals surface area contributed by atoms with E-state index >= 15 is 0 Å². The molecule has 2 heterocycles. The van der Waals surface area contributed by atoms with Gasteiger partial charge in [-0.1, -0.05) is 0 Å². The highest BCUT2D eigenvalue weighted by Gasteiger charge is 2.24. The second kappa shape index (κ2) is 7.23. The van der Waals surface area contributed by atoms with Gasteiger partial charge in [-0.3, -0.25) is 9.69 Å². The number of carbonyl (C=O) groups is 1. The number of nitrogens with zero attached hydrogens (tertiary/aromatic N) is 2. The average Bonchev–Trinajstić information content (AvgIpc) is 3.01. The summed E-state index contributed by atoms with van der Waals surface area (Å²) in [6, 6.07) is 7.87. The molecule has 3 rings (SSSR count). The molecule has 0 unspecified atom stereocenters. The molecule has 1 aliphatic rings. The van der Waals surface area contributed by atoms with Gasteiger partial charge in [0, 0.05) is 42.8 Å². The maximum atomic E-state index is 12.4. The maximum Gasteiger partial charge on any atom is 0.237 e. The lowest BCUT2D eigenvalue weighted by Crippen LogP contribution is -2.52. The summed E-state index contributed by atoms with van der Waals surface area (Å²) >= 11 is 0. The molecule has 1 saturated heterocycles. The molecular weight excluding hydrogens is 304 g/mol. The van der Waals surface area contributed by atoms with Crippen LogP contribution in [-0.2, 0) is 11.3 Å². The van der Waals surface area contributed by atoms with Gasteiger partial charge >= 0.3 is 0 Å². The number of nitrogens with one attached hydrogen (secondary N) is 2. The van der Waals surface area contributed by atoms with Gasteiger partial charge in [0.2, 0.25) is 5.91 Å². The molecule has 1 aromatic heterocycles. The van der Waals surface area contributed by atoms with E-state index in [1.807, 2.05) is 25.1 Å². The lowest BCUT2D eigenvalue weighted by molar-refractivity contribution is -0.126. The fraction of sp³-hybridized carbons (Fsp3) is 0.500. The van der Waals surface area contributed by atoms with Gasteiger partial charge in [-0.15, -0.1) is 0 Å². The third-order valence-electron chi connectivity index (χ3n) is 4.80. The quantitative estimate of drug-likeness (QED) is 0.871. The van der Waals surface area contributed by atoms with E-state index in [4.69, 9.17) is 4.74 Å². The Morgan fingerprint density at radius 2 is 2.04 bits per heavy atom. The first-order chi connectivity index (χ1) is 11.6. The number of methoxy groups -OCH3 is 1. The van der Waals surface area contributed by atoms with Gasteiger partial charge in [0.1, 0.15) is 5.75 Å². The topological polar surface area (TPSA) is 60.6 Å². The van der Waals surface area contributed by atoms with E-state index in [0.29, 0.717) is 6.54 Å². The number of hydrogen-bond acceptors (Lipinski definition) is 4. The standard InChI is InChI=1S/C18H26N4O2/c1-13(22-8-6-21(2)7-9-22)18(23)19-12-15-10-14-11-16(24-3)4-5-17(14)20-15/h4-5,10-11,13,20H,6-9,12H2,1-3H3,(H,19,23)/t13-/m0/s1. The van der Waals surface area contributed by atoms with Gasteiger partial charge in [-0.05, 0) is 38.2 Å². The first-order valence-corrected chi connectivity index (χ1v) is 8.43. The van der Waals surface area contributed by atoms with Crippen molar-refractivity contribution in [2.45, 2.75) is 19.5 Å². The number of fused-ring (bicyclic) bond motifs is 1.